The Morgan fingerprint density at radius 1 is 0.727 bits per heavy atom. The van der Waals surface area contributed by atoms with Crippen LogP contribution in [0.15, 0.2) is 110 Å². The first-order valence-electron chi connectivity index (χ1n) is 14.0. The summed E-state index contributed by atoms with van der Waals surface area (Å²) < 4.78 is 3.49. The van der Waals surface area contributed by atoms with Crippen molar-refractivity contribution in [3.8, 4) is 5.75 Å². The van der Waals surface area contributed by atoms with Crippen LogP contribution in [0.1, 0.15) is 11.1 Å². The average Bonchev–Trinajstić information content (AvgIpc) is 3.68. The molecule has 44 heavy (non-hydrogen) atoms. The molecule has 4 heterocycles. The van der Waals surface area contributed by atoms with E-state index in [1.54, 1.807) is 33.6 Å². The fraction of sp³-hybridized carbons (Fsp3) is 0.0968. The van der Waals surface area contributed by atoms with Crippen molar-refractivity contribution in [2.45, 2.75) is 13.0 Å². The second-order valence-electron chi connectivity index (χ2n) is 9.93. The molecule has 4 N–H and O–H groups in total. The zero-order valence-corrected chi connectivity index (χ0v) is 23.5. The van der Waals surface area contributed by atoms with Crippen LogP contribution in [0.2, 0.25) is 0 Å². The quantitative estimate of drug-likeness (QED) is 0.184. The molecule has 0 saturated heterocycles. The molecule has 13 nitrogen and oxygen atoms in total. The van der Waals surface area contributed by atoms with Gasteiger partial charge in [0, 0.05) is 43.6 Å². The predicted octanol–water partition coefficient (Wildman–Crippen LogP) is 4.54. The lowest BCUT2D eigenvalue weighted by atomic mass is 10.1. The highest BCUT2D eigenvalue weighted by Crippen LogP contribution is 2.30. The zero-order chi connectivity index (χ0) is 29.7. The van der Waals surface area contributed by atoms with E-state index in [-0.39, 0.29) is 0 Å². The van der Waals surface area contributed by atoms with Gasteiger partial charge < -0.3 is 20.8 Å². The molecule has 7 aromatic rings. The number of benzene rings is 3. The molecule has 4 aromatic heterocycles. The minimum Gasteiger partial charge on any atom is -0.379 e. The van der Waals surface area contributed by atoms with Gasteiger partial charge in [0.15, 0.2) is 17.4 Å². The number of hydrogen-bond acceptors (Lipinski definition) is 11. The Morgan fingerprint density at radius 3 is 2.23 bits per heavy atom. The summed E-state index contributed by atoms with van der Waals surface area (Å²) in [5.41, 5.74) is 13.3. The van der Waals surface area contributed by atoms with Crippen LogP contribution in [0.5, 0.6) is 5.75 Å². The van der Waals surface area contributed by atoms with Gasteiger partial charge in [-0.05, 0) is 41.8 Å². The molecule has 3 aromatic carbocycles. The lowest BCUT2D eigenvalue weighted by Crippen LogP contribution is -2.19. The number of aromatic nitrogens is 8. The number of nitrogens with two attached hydrogens (primary N) is 1. The minimum atomic E-state index is 0.296. The maximum absolute atomic E-state index is 6.02. The van der Waals surface area contributed by atoms with Crippen molar-refractivity contribution in [1.29, 1.82) is 0 Å². The first kappa shape index (κ1) is 26.6. The summed E-state index contributed by atoms with van der Waals surface area (Å²) in [7, 11) is 0. The van der Waals surface area contributed by atoms with Crippen LogP contribution in [-0.2, 0) is 13.0 Å². The third-order valence-electron chi connectivity index (χ3n) is 7.06. The topological polar surface area (TPSA) is 149 Å². The molecule has 0 fully saturated rings. The van der Waals surface area contributed by atoms with Crippen LogP contribution < -0.4 is 26.3 Å². The highest BCUT2D eigenvalue weighted by Gasteiger charge is 2.18. The monoisotopic (exact) mass is 584 g/mol. The molecule has 13 heteroatoms. The molecule has 218 valence electrons. The van der Waals surface area contributed by atoms with E-state index in [0.29, 0.717) is 53.7 Å². The van der Waals surface area contributed by atoms with Crippen LogP contribution in [0, 0.1) is 0 Å². The van der Waals surface area contributed by atoms with Gasteiger partial charge in [-0.1, -0.05) is 60.7 Å². The van der Waals surface area contributed by atoms with Crippen LogP contribution >= 0.6 is 0 Å². The van der Waals surface area contributed by atoms with Gasteiger partial charge in [0.25, 0.3) is 5.95 Å². The Balaban J connectivity index is 1.07. The van der Waals surface area contributed by atoms with Gasteiger partial charge in [0.2, 0.25) is 17.2 Å². The first-order valence-corrected chi connectivity index (χ1v) is 14.0. The number of hydrogen-bond donors (Lipinski definition) is 3. The minimum absolute atomic E-state index is 0.296. The van der Waals surface area contributed by atoms with Crippen molar-refractivity contribution in [2.24, 2.45) is 0 Å². The van der Waals surface area contributed by atoms with Crippen molar-refractivity contribution in [3.63, 3.8) is 0 Å². The van der Waals surface area contributed by atoms with Gasteiger partial charge in [0.05, 0.1) is 0 Å². The highest BCUT2D eigenvalue weighted by molar-refractivity contribution is 5.73. The van der Waals surface area contributed by atoms with Gasteiger partial charge in [-0.15, -0.1) is 20.4 Å². The molecule has 0 amide bonds. The molecule has 0 unspecified atom stereocenters. The van der Waals surface area contributed by atoms with E-state index in [0.717, 1.165) is 17.7 Å². The van der Waals surface area contributed by atoms with Crippen LogP contribution in [-0.4, -0.2) is 45.7 Å². The SMILES string of the molecule is Nc1nnc2c(N(Cc3ccccc3)c3ccc(ONc4nnc5c(NCCc6ccccc6)nccn45)cc3)nccn12. The lowest BCUT2D eigenvalue weighted by molar-refractivity contribution is 0.398. The van der Waals surface area contributed by atoms with Crippen molar-refractivity contribution in [3.05, 3.63) is 121 Å². The third-order valence-corrected chi connectivity index (χ3v) is 7.06. The second kappa shape index (κ2) is 11.9. The standard InChI is InChI=1S/C31H28N12O/c32-30-38-37-29-28(35-18-19-41(29)30)43(21-23-9-5-2-6-10-23)24-11-13-25(14-12-24)44-40-31-39-36-27-26(34-17-20-42(27)31)33-16-15-22-7-3-1-4-8-22/h1-14,17-20H,15-16,21H2,(H2,32,38)(H,33,34)(H,39,40). The summed E-state index contributed by atoms with van der Waals surface area (Å²) in [5.74, 6) is 2.57. The van der Waals surface area contributed by atoms with Gasteiger partial charge in [-0.3, -0.25) is 8.80 Å². The maximum Gasteiger partial charge on any atom is 0.262 e. The van der Waals surface area contributed by atoms with Crippen molar-refractivity contribution in [2.75, 3.05) is 28.0 Å². The molecule has 0 bridgehead atoms. The molecule has 7 rings (SSSR count). The number of nitrogen functional groups attached to an aromatic ring is 1. The summed E-state index contributed by atoms with van der Waals surface area (Å²) in [4.78, 5) is 17.0. The number of anilines is 5. The molecule has 0 atom stereocenters. The smallest absolute Gasteiger partial charge is 0.262 e. The molecule has 0 spiro atoms. The van der Waals surface area contributed by atoms with Gasteiger partial charge in [0.1, 0.15) is 0 Å². The summed E-state index contributed by atoms with van der Waals surface area (Å²) >= 11 is 0. The molecular formula is C31H28N12O. The summed E-state index contributed by atoms with van der Waals surface area (Å²) in [6.07, 6.45) is 7.76. The van der Waals surface area contributed by atoms with E-state index < -0.39 is 0 Å². The number of nitrogens with one attached hydrogen (secondary N) is 2. The number of rotatable bonds is 11. The van der Waals surface area contributed by atoms with Crippen LogP contribution in [0.25, 0.3) is 11.3 Å². The molecule has 0 radical (unpaired) electrons. The van der Waals surface area contributed by atoms with Crippen molar-refractivity contribution in [1.82, 2.24) is 39.2 Å². The van der Waals surface area contributed by atoms with E-state index in [9.17, 15) is 0 Å². The third kappa shape index (κ3) is 5.48. The first-order chi connectivity index (χ1) is 21.7. The molecule has 0 saturated carbocycles. The molecular weight excluding hydrogens is 556 g/mol. The van der Waals surface area contributed by atoms with Crippen molar-refractivity contribution < 1.29 is 4.84 Å². The van der Waals surface area contributed by atoms with Crippen LogP contribution in [0.3, 0.4) is 0 Å². The number of nitrogens with zero attached hydrogens (tertiary/aromatic N) is 9. The molecule has 0 aliphatic carbocycles. The summed E-state index contributed by atoms with van der Waals surface area (Å²) in [6.45, 7) is 1.27. The van der Waals surface area contributed by atoms with Gasteiger partial charge in [-0.25, -0.2) is 9.97 Å². The lowest BCUT2D eigenvalue weighted by Gasteiger charge is -2.24. The normalized spacial score (nSPS) is 11.1. The molecule has 0 aliphatic rings. The largest absolute Gasteiger partial charge is 0.379 e. The Labute approximate surface area is 252 Å². The Kier molecular flexibility index (Phi) is 7.23. The fourth-order valence-electron chi connectivity index (χ4n) is 4.87. The summed E-state index contributed by atoms with van der Waals surface area (Å²) in [6, 6.07) is 28.0. The van der Waals surface area contributed by atoms with Crippen molar-refractivity contribution >= 4 is 40.5 Å². The van der Waals surface area contributed by atoms with E-state index >= 15 is 0 Å². The predicted molar refractivity (Wildman–Crippen MR) is 168 cm³/mol. The van der Waals surface area contributed by atoms with E-state index in [1.807, 2.05) is 60.7 Å². The molecule has 0 aliphatic heterocycles. The second-order valence-corrected chi connectivity index (χ2v) is 9.93. The Morgan fingerprint density at radius 2 is 1.43 bits per heavy atom. The highest BCUT2D eigenvalue weighted by atomic mass is 16.6. The summed E-state index contributed by atoms with van der Waals surface area (Å²) in [5, 5.41) is 20.2. The van der Waals surface area contributed by atoms with Gasteiger partial charge >= 0.3 is 0 Å². The van der Waals surface area contributed by atoms with Crippen LogP contribution in [0.4, 0.5) is 29.2 Å². The Hall–Kier alpha value is -6.24. The Bertz CT molecular complexity index is 1990. The zero-order valence-electron chi connectivity index (χ0n) is 23.5. The fourth-order valence-corrected chi connectivity index (χ4v) is 4.87. The van der Waals surface area contributed by atoms with E-state index in [2.05, 4.69) is 70.3 Å². The average molecular weight is 585 g/mol. The maximum atomic E-state index is 6.02. The van der Waals surface area contributed by atoms with E-state index in [1.165, 1.54) is 5.56 Å². The van der Waals surface area contributed by atoms with Gasteiger partial charge in [-0.2, -0.15) is 5.48 Å². The van der Waals surface area contributed by atoms with E-state index in [4.69, 9.17) is 10.6 Å². The number of fused-ring (bicyclic) bond motifs is 2.